The Bertz CT molecular complexity index is 601. The molecule has 1 amide bonds. The molecular formula is C13H10BrClN2O. The Kier molecular flexibility index (Phi) is 3.99. The number of nitrogens with zero attached hydrogens (tertiary/aromatic N) is 1. The van der Waals surface area contributed by atoms with E-state index < -0.39 is 0 Å². The Labute approximate surface area is 118 Å². The lowest BCUT2D eigenvalue weighted by Crippen LogP contribution is -2.13. The van der Waals surface area contributed by atoms with Crippen molar-refractivity contribution in [2.24, 2.45) is 0 Å². The first-order valence-electron chi connectivity index (χ1n) is 5.25. The second kappa shape index (κ2) is 5.50. The molecule has 1 aromatic heterocycles. The number of hydrogen-bond donors (Lipinski definition) is 1. The zero-order chi connectivity index (χ0) is 13.1. The standard InChI is InChI=1S/C13H10BrClN2O/c1-8-2-3-11(14)10(6-8)13(18)17-12-7-9(15)4-5-16-12/h2-7H,1H3,(H,16,17,18). The van der Waals surface area contributed by atoms with Crippen LogP contribution in [0.3, 0.4) is 0 Å². The Balaban J connectivity index is 2.24. The number of carbonyl (C=O) groups is 1. The predicted molar refractivity (Wildman–Crippen MR) is 76.1 cm³/mol. The van der Waals surface area contributed by atoms with E-state index in [1.165, 1.54) is 0 Å². The van der Waals surface area contributed by atoms with E-state index >= 15 is 0 Å². The average molecular weight is 326 g/mol. The van der Waals surface area contributed by atoms with E-state index in [1.54, 1.807) is 18.3 Å². The minimum absolute atomic E-state index is 0.222. The van der Waals surface area contributed by atoms with E-state index in [4.69, 9.17) is 11.6 Å². The third kappa shape index (κ3) is 3.09. The number of anilines is 1. The summed E-state index contributed by atoms with van der Waals surface area (Å²) in [6.07, 6.45) is 1.54. The minimum Gasteiger partial charge on any atom is -0.306 e. The molecule has 2 rings (SSSR count). The molecule has 2 aromatic rings. The first kappa shape index (κ1) is 13.1. The lowest BCUT2D eigenvalue weighted by Gasteiger charge is -2.07. The van der Waals surface area contributed by atoms with Crippen molar-refractivity contribution >= 4 is 39.3 Å². The number of nitrogens with one attached hydrogen (secondary N) is 1. The van der Waals surface area contributed by atoms with Gasteiger partial charge in [0, 0.05) is 15.7 Å². The van der Waals surface area contributed by atoms with Gasteiger partial charge in [-0.15, -0.1) is 0 Å². The maximum atomic E-state index is 12.1. The van der Waals surface area contributed by atoms with Gasteiger partial charge in [0.2, 0.25) is 0 Å². The summed E-state index contributed by atoms with van der Waals surface area (Å²) < 4.78 is 0.743. The molecule has 5 heteroatoms. The normalized spacial score (nSPS) is 10.2. The van der Waals surface area contributed by atoms with Crippen LogP contribution in [0.15, 0.2) is 41.0 Å². The van der Waals surface area contributed by atoms with Crippen LogP contribution >= 0.6 is 27.5 Å². The quantitative estimate of drug-likeness (QED) is 0.905. The van der Waals surface area contributed by atoms with Crippen LogP contribution in [0.25, 0.3) is 0 Å². The summed E-state index contributed by atoms with van der Waals surface area (Å²) in [7, 11) is 0. The van der Waals surface area contributed by atoms with Crippen molar-refractivity contribution in [2.45, 2.75) is 6.92 Å². The molecule has 0 atom stereocenters. The van der Waals surface area contributed by atoms with Gasteiger partial charge in [0.1, 0.15) is 5.82 Å². The van der Waals surface area contributed by atoms with Crippen LogP contribution in [0.2, 0.25) is 5.02 Å². The Hall–Kier alpha value is -1.39. The van der Waals surface area contributed by atoms with Crippen LogP contribution in [-0.2, 0) is 0 Å². The molecule has 0 aliphatic carbocycles. The molecule has 0 unspecified atom stereocenters. The fraction of sp³-hybridized carbons (Fsp3) is 0.0769. The maximum Gasteiger partial charge on any atom is 0.257 e. The lowest BCUT2D eigenvalue weighted by atomic mass is 10.1. The summed E-state index contributed by atoms with van der Waals surface area (Å²) in [5.74, 6) is 0.209. The van der Waals surface area contributed by atoms with Gasteiger partial charge < -0.3 is 5.32 Å². The van der Waals surface area contributed by atoms with E-state index in [0.717, 1.165) is 10.0 Å². The molecule has 18 heavy (non-hydrogen) atoms. The molecule has 1 N–H and O–H groups in total. The van der Waals surface area contributed by atoms with Crippen LogP contribution in [0.5, 0.6) is 0 Å². The van der Waals surface area contributed by atoms with Crippen LogP contribution in [0.1, 0.15) is 15.9 Å². The van der Waals surface area contributed by atoms with Crippen LogP contribution < -0.4 is 5.32 Å². The summed E-state index contributed by atoms with van der Waals surface area (Å²) >= 11 is 9.18. The van der Waals surface area contributed by atoms with E-state index in [1.807, 2.05) is 25.1 Å². The summed E-state index contributed by atoms with van der Waals surface area (Å²) in [5.41, 5.74) is 1.58. The molecular weight excluding hydrogens is 316 g/mol. The van der Waals surface area contributed by atoms with Crippen LogP contribution in [0, 0.1) is 6.92 Å². The molecule has 0 aliphatic heterocycles. The van der Waals surface area contributed by atoms with Crippen LogP contribution in [-0.4, -0.2) is 10.9 Å². The fourth-order valence-corrected chi connectivity index (χ4v) is 2.06. The maximum absolute atomic E-state index is 12.1. The fourth-order valence-electron chi connectivity index (χ4n) is 1.47. The van der Waals surface area contributed by atoms with Crippen molar-refractivity contribution in [3.05, 3.63) is 57.2 Å². The zero-order valence-corrected chi connectivity index (χ0v) is 11.9. The van der Waals surface area contributed by atoms with E-state index in [9.17, 15) is 4.79 Å². The van der Waals surface area contributed by atoms with Gasteiger partial charge in [0.05, 0.1) is 5.56 Å². The smallest absolute Gasteiger partial charge is 0.257 e. The molecule has 0 fully saturated rings. The van der Waals surface area contributed by atoms with Crippen molar-refractivity contribution in [3.63, 3.8) is 0 Å². The third-order valence-electron chi connectivity index (χ3n) is 2.33. The van der Waals surface area contributed by atoms with Crippen molar-refractivity contribution in [2.75, 3.05) is 5.32 Å². The van der Waals surface area contributed by atoms with Gasteiger partial charge in [-0.2, -0.15) is 0 Å². The van der Waals surface area contributed by atoms with Gasteiger partial charge in [-0.05, 0) is 47.1 Å². The van der Waals surface area contributed by atoms with Gasteiger partial charge in [-0.25, -0.2) is 4.98 Å². The first-order valence-corrected chi connectivity index (χ1v) is 6.42. The Morgan fingerprint density at radius 3 is 2.83 bits per heavy atom. The van der Waals surface area contributed by atoms with Crippen molar-refractivity contribution in [1.29, 1.82) is 0 Å². The SMILES string of the molecule is Cc1ccc(Br)c(C(=O)Nc2cc(Cl)ccn2)c1. The summed E-state index contributed by atoms with van der Waals surface area (Å²) in [6.45, 7) is 1.93. The first-order chi connectivity index (χ1) is 8.56. The van der Waals surface area contributed by atoms with Gasteiger partial charge >= 0.3 is 0 Å². The molecule has 0 spiro atoms. The van der Waals surface area contributed by atoms with Gasteiger partial charge in [0.25, 0.3) is 5.91 Å². The number of benzene rings is 1. The highest BCUT2D eigenvalue weighted by molar-refractivity contribution is 9.10. The zero-order valence-electron chi connectivity index (χ0n) is 9.58. The van der Waals surface area contributed by atoms with E-state index in [2.05, 4.69) is 26.2 Å². The highest BCUT2D eigenvalue weighted by atomic mass is 79.9. The molecule has 0 saturated heterocycles. The third-order valence-corrected chi connectivity index (χ3v) is 3.26. The molecule has 92 valence electrons. The number of hydrogen-bond acceptors (Lipinski definition) is 2. The van der Waals surface area contributed by atoms with E-state index in [-0.39, 0.29) is 5.91 Å². The van der Waals surface area contributed by atoms with Crippen LogP contribution in [0.4, 0.5) is 5.82 Å². The monoisotopic (exact) mass is 324 g/mol. The molecule has 3 nitrogen and oxygen atoms in total. The molecule has 0 saturated carbocycles. The molecule has 0 bridgehead atoms. The Morgan fingerprint density at radius 2 is 2.11 bits per heavy atom. The number of pyridine rings is 1. The lowest BCUT2D eigenvalue weighted by molar-refractivity contribution is 0.102. The van der Waals surface area contributed by atoms with Crippen molar-refractivity contribution < 1.29 is 4.79 Å². The Morgan fingerprint density at radius 1 is 1.33 bits per heavy atom. The van der Waals surface area contributed by atoms with Gasteiger partial charge in [-0.1, -0.05) is 23.2 Å². The van der Waals surface area contributed by atoms with E-state index in [0.29, 0.717) is 16.4 Å². The molecule has 1 aromatic carbocycles. The average Bonchev–Trinajstić information content (AvgIpc) is 2.32. The predicted octanol–water partition coefficient (Wildman–Crippen LogP) is 4.06. The largest absolute Gasteiger partial charge is 0.306 e. The highest BCUT2D eigenvalue weighted by Crippen LogP contribution is 2.20. The summed E-state index contributed by atoms with van der Waals surface area (Å²) in [5, 5.41) is 3.23. The van der Waals surface area contributed by atoms with Crippen molar-refractivity contribution in [1.82, 2.24) is 4.98 Å². The van der Waals surface area contributed by atoms with Gasteiger partial charge in [-0.3, -0.25) is 4.79 Å². The number of aromatic nitrogens is 1. The number of rotatable bonds is 2. The minimum atomic E-state index is -0.222. The molecule has 0 radical (unpaired) electrons. The molecule has 1 heterocycles. The number of carbonyl (C=O) groups excluding carboxylic acids is 1. The second-order valence-corrected chi connectivity index (χ2v) is 5.09. The number of aryl methyl sites for hydroxylation is 1. The number of halogens is 2. The second-order valence-electron chi connectivity index (χ2n) is 3.80. The summed E-state index contributed by atoms with van der Waals surface area (Å²) in [6, 6.07) is 8.83. The van der Waals surface area contributed by atoms with Crippen molar-refractivity contribution in [3.8, 4) is 0 Å². The number of amides is 1. The molecule has 0 aliphatic rings. The topological polar surface area (TPSA) is 42.0 Å². The summed E-state index contributed by atoms with van der Waals surface area (Å²) in [4.78, 5) is 16.1. The van der Waals surface area contributed by atoms with Gasteiger partial charge in [0.15, 0.2) is 0 Å². The highest BCUT2D eigenvalue weighted by Gasteiger charge is 2.11.